The number of ether oxygens (including phenoxy) is 1. The highest BCUT2D eigenvalue weighted by atomic mass is 32.2. The Morgan fingerprint density at radius 2 is 2.35 bits per heavy atom. The van der Waals surface area contributed by atoms with Gasteiger partial charge in [0.2, 0.25) is 10.0 Å². The number of nitrogens with zero attached hydrogens (tertiary/aromatic N) is 2. The van der Waals surface area contributed by atoms with Crippen molar-refractivity contribution in [3.8, 4) is 0 Å². The van der Waals surface area contributed by atoms with Crippen LogP contribution in [0.25, 0.3) is 0 Å². The van der Waals surface area contributed by atoms with Crippen LogP contribution in [0.4, 0.5) is 0 Å². The summed E-state index contributed by atoms with van der Waals surface area (Å²) in [6, 6.07) is 0.267. The number of sulfonamides is 1. The molecule has 1 saturated heterocycles. The lowest BCUT2D eigenvalue weighted by molar-refractivity contribution is 0.192. The smallest absolute Gasteiger partial charge is 0.244 e. The Hall–Kier alpha value is -0.960. The van der Waals surface area contributed by atoms with Gasteiger partial charge in [-0.2, -0.15) is 5.10 Å². The van der Waals surface area contributed by atoms with Crippen LogP contribution < -0.4 is 10.0 Å². The Labute approximate surface area is 119 Å². The fourth-order valence-corrected chi connectivity index (χ4v) is 3.20. The molecule has 20 heavy (non-hydrogen) atoms. The number of rotatable bonds is 7. The summed E-state index contributed by atoms with van der Waals surface area (Å²) < 4.78 is 33.7. The van der Waals surface area contributed by atoms with Crippen LogP contribution in [0.5, 0.6) is 0 Å². The van der Waals surface area contributed by atoms with Crippen LogP contribution in [-0.4, -0.2) is 50.0 Å². The van der Waals surface area contributed by atoms with E-state index >= 15 is 0 Å². The predicted molar refractivity (Wildman–Crippen MR) is 74.9 cm³/mol. The van der Waals surface area contributed by atoms with Crippen molar-refractivity contribution in [2.45, 2.75) is 43.8 Å². The zero-order valence-electron chi connectivity index (χ0n) is 11.9. The zero-order valence-corrected chi connectivity index (χ0v) is 12.7. The predicted octanol–water partition coefficient (Wildman–Crippen LogP) is -0.0517. The first-order valence-electron chi connectivity index (χ1n) is 6.83. The van der Waals surface area contributed by atoms with Gasteiger partial charge in [-0.1, -0.05) is 13.8 Å². The first-order valence-corrected chi connectivity index (χ1v) is 8.31. The number of nitrogens with one attached hydrogen (secondary N) is 2. The average Bonchev–Trinajstić information content (AvgIpc) is 2.99. The highest BCUT2D eigenvalue weighted by Gasteiger charge is 2.24. The van der Waals surface area contributed by atoms with Crippen molar-refractivity contribution < 1.29 is 13.2 Å². The molecule has 1 fully saturated rings. The molecule has 7 nitrogen and oxygen atoms in total. The van der Waals surface area contributed by atoms with Crippen LogP contribution in [0.1, 0.15) is 20.3 Å². The molecule has 1 aromatic rings. The summed E-state index contributed by atoms with van der Waals surface area (Å²) in [6.45, 7) is 6.56. The molecule has 1 aliphatic heterocycles. The fourth-order valence-electron chi connectivity index (χ4n) is 1.99. The van der Waals surface area contributed by atoms with Crippen LogP contribution in [0, 0.1) is 0 Å². The van der Waals surface area contributed by atoms with Crippen LogP contribution >= 0.6 is 0 Å². The summed E-state index contributed by atoms with van der Waals surface area (Å²) in [5.41, 5.74) is 0. The Morgan fingerprint density at radius 1 is 1.55 bits per heavy atom. The summed E-state index contributed by atoms with van der Waals surface area (Å²) in [5.74, 6) is 0. The maximum absolute atomic E-state index is 12.1. The second-order valence-electron chi connectivity index (χ2n) is 5.23. The molecule has 1 atom stereocenters. The minimum absolute atomic E-state index is 0.133. The van der Waals surface area contributed by atoms with E-state index in [4.69, 9.17) is 4.74 Å². The summed E-state index contributed by atoms with van der Waals surface area (Å²) in [6.07, 6.45) is 3.65. The van der Waals surface area contributed by atoms with E-state index in [0.717, 1.165) is 6.54 Å². The van der Waals surface area contributed by atoms with Gasteiger partial charge in [-0.25, -0.2) is 13.1 Å². The molecule has 0 amide bonds. The molecule has 1 aromatic heterocycles. The molecule has 2 heterocycles. The summed E-state index contributed by atoms with van der Waals surface area (Å²) >= 11 is 0. The first kappa shape index (κ1) is 15.4. The molecule has 0 saturated carbocycles. The SMILES string of the molecule is CC(C)NCCn1cc(S(=O)(=O)NC2CCOC2)cn1. The van der Waals surface area contributed by atoms with Crippen LogP contribution in [0.15, 0.2) is 17.3 Å². The third-order valence-corrected chi connectivity index (χ3v) is 4.54. The van der Waals surface area contributed by atoms with Gasteiger partial charge >= 0.3 is 0 Å². The maximum atomic E-state index is 12.1. The lowest BCUT2D eigenvalue weighted by atomic mass is 10.3. The monoisotopic (exact) mass is 302 g/mol. The van der Waals surface area contributed by atoms with Crippen LogP contribution in [0.2, 0.25) is 0 Å². The summed E-state index contributed by atoms with van der Waals surface area (Å²) in [7, 11) is -3.50. The zero-order chi connectivity index (χ0) is 14.6. The van der Waals surface area contributed by atoms with Crippen LogP contribution in [0.3, 0.4) is 0 Å². The molecule has 0 radical (unpaired) electrons. The third kappa shape index (κ3) is 4.27. The number of hydrogen-bond acceptors (Lipinski definition) is 5. The molecule has 1 aliphatic rings. The molecular formula is C12H22N4O3S. The van der Waals surface area contributed by atoms with Gasteiger partial charge in [0, 0.05) is 31.4 Å². The van der Waals surface area contributed by atoms with Crippen molar-refractivity contribution >= 4 is 10.0 Å². The van der Waals surface area contributed by atoms with Crippen molar-refractivity contribution in [2.75, 3.05) is 19.8 Å². The summed E-state index contributed by atoms with van der Waals surface area (Å²) in [5, 5.41) is 7.34. The van der Waals surface area contributed by atoms with Crippen molar-refractivity contribution in [1.29, 1.82) is 0 Å². The molecule has 8 heteroatoms. The van der Waals surface area contributed by atoms with Crippen LogP contribution in [-0.2, 0) is 21.3 Å². The maximum Gasteiger partial charge on any atom is 0.244 e. The standard InChI is InChI=1S/C12H22N4O3S/c1-10(2)13-4-5-16-8-12(7-14-16)20(17,18)15-11-3-6-19-9-11/h7-8,10-11,13,15H,3-6,9H2,1-2H3. The fraction of sp³-hybridized carbons (Fsp3) is 0.750. The largest absolute Gasteiger partial charge is 0.380 e. The Morgan fingerprint density at radius 3 is 3.00 bits per heavy atom. The Bertz CT molecular complexity index is 521. The van der Waals surface area contributed by atoms with Crippen molar-refractivity contribution in [1.82, 2.24) is 19.8 Å². The molecule has 0 bridgehead atoms. The second-order valence-corrected chi connectivity index (χ2v) is 6.94. The number of hydrogen-bond donors (Lipinski definition) is 2. The normalized spacial score (nSPS) is 19.9. The highest BCUT2D eigenvalue weighted by molar-refractivity contribution is 7.89. The molecule has 114 valence electrons. The van der Waals surface area contributed by atoms with Gasteiger partial charge in [0.25, 0.3) is 0 Å². The topological polar surface area (TPSA) is 85.2 Å². The van der Waals surface area contributed by atoms with Gasteiger partial charge in [0.15, 0.2) is 0 Å². The molecular weight excluding hydrogens is 280 g/mol. The van der Waals surface area contributed by atoms with E-state index < -0.39 is 10.0 Å². The van der Waals surface area contributed by atoms with Crippen molar-refractivity contribution in [3.63, 3.8) is 0 Å². The molecule has 2 N–H and O–H groups in total. The number of aromatic nitrogens is 2. The van der Waals surface area contributed by atoms with E-state index in [1.807, 2.05) is 0 Å². The molecule has 2 rings (SSSR count). The van der Waals surface area contributed by atoms with Gasteiger partial charge in [-0.3, -0.25) is 4.68 Å². The second kappa shape index (κ2) is 6.66. The molecule has 0 aromatic carbocycles. The van der Waals surface area contributed by atoms with Gasteiger partial charge in [0.1, 0.15) is 4.90 Å². The minimum Gasteiger partial charge on any atom is -0.380 e. The molecule has 0 spiro atoms. The van der Waals surface area contributed by atoms with Gasteiger partial charge in [-0.05, 0) is 6.42 Å². The van der Waals surface area contributed by atoms with Gasteiger partial charge in [-0.15, -0.1) is 0 Å². The Balaban J connectivity index is 1.92. The van der Waals surface area contributed by atoms with E-state index in [2.05, 4.69) is 29.0 Å². The third-order valence-electron chi connectivity index (χ3n) is 3.06. The van der Waals surface area contributed by atoms with E-state index in [-0.39, 0.29) is 10.9 Å². The van der Waals surface area contributed by atoms with Crippen molar-refractivity contribution in [2.24, 2.45) is 0 Å². The van der Waals surface area contributed by atoms with Gasteiger partial charge < -0.3 is 10.1 Å². The van der Waals surface area contributed by atoms with E-state index in [1.54, 1.807) is 10.9 Å². The molecule has 0 aliphatic carbocycles. The van der Waals surface area contributed by atoms with E-state index in [0.29, 0.717) is 32.2 Å². The minimum atomic E-state index is -3.50. The summed E-state index contributed by atoms with van der Waals surface area (Å²) in [4.78, 5) is 0.203. The highest BCUT2D eigenvalue weighted by Crippen LogP contribution is 2.11. The lowest BCUT2D eigenvalue weighted by Crippen LogP contribution is -2.34. The molecule has 1 unspecified atom stereocenters. The first-order chi connectivity index (χ1) is 9.47. The van der Waals surface area contributed by atoms with Gasteiger partial charge in [0.05, 0.1) is 19.3 Å². The lowest BCUT2D eigenvalue weighted by Gasteiger charge is -2.09. The Kier molecular flexibility index (Phi) is 5.14. The van der Waals surface area contributed by atoms with Crippen molar-refractivity contribution in [3.05, 3.63) is 12.4 Å². The average molecular weight is 302 g/mol. The van der Waals surface area contributed by atoms with E-state index in [1.165, 1.54) is 6.20 Å². The quantitative estimate of drug-likeness (QED) is 0.737. The van der Waals surface area contributed by atoms with E-state index in [9.17, 15) is 8.42 Å².